The molecule has 1 aromatic heterocycles. The minimum absolute atomic E-state index is 0.188. The van der Waals surface area contributed by atoms with Gasteiger partial charge in [-0.15, -0.1) is 11.3 Å². The van der Waals surface area contributed by atoms with Crippen molar-refractivity contribution in [3.05, 3.63) is 69.6 Å². The van der Waals surface area contributed by atoms with Gasteiger partial charge in [-0.1, -0.05) is 36.4 Å². The topological polar surface area (TPSA) is 53.5 Å². The maximum atomic E-state index is 13.2. The molecule has 1 aliphatic heterocycles. The molecule has 1 atom stereocenters. The first-order valence-electron chi connectivity index (χ1n) is 10.4. The first-order valence-corrected chi connectivity index (χ1v) is 12.7. The molecule has 0 N–H and O–H groups in total. The highest BCUT2D eigenvalue weighted by molar-refractivity contribution is 7.93. The largest absolute Gasteiger partial charge is 0.292 e. The second-order valence-corrected chi connectivity index (χ2v) is 11.0. The van der Waals surface area contributed by atoms with Gasteiger partial charge in [-0.05, 0) is 49.1 Å². The lowest BCUT2D eigenvalue weighted by Gasteiger charge is -2.37. The number of rotatable bonds is 4. The highest BCUT2D eigenvalue weighted by Gasteiger charge is 2.33. The van der Waals surface area contributed by atoms with E-state index in [2.05, 4.69) is 24.0 Å². The zero-order valence-corrected chi connectivity index (χ0v) is 18.6. The molecular weight excluding hydrogens is 414 g/mol. The number of hydrogen-bond acceptors (Lipinski definition) is 5. The Morgan fingerprint density at radius 3 is 2.50 bits per heavy atom. The van der Waals surface area contributed by atoms with Gasteiger partial charge in [0.1, 0.15) is 5.01 Å². The van der Waals surface area contributed by atoms with Crippen LogP contribution in [0.1, 0.15) is 35.5 Å². The molecule has 30 heavy (non-hydrogen) atoms. The summed E-state index contributed by atoms with van der Waals surface area (Å²) in [6, 6.07) is 16.4. The molecule has 7 heteroatoms. The molecule has 0 spiro atoms. The number of fused-ring (bicyclic) bond motifs is 2. The quantitative estimate of drug-likeness (QED) is 0.608. The summed E-state index contributed by atoms with van der Waals surface area (Å²) >= 11 is 1.73. The zero-order valence-electron chi connectivity index (χ0n) is 17.0. The van der Waals surface area contributed by atoms with E-state index in [9.17, 15) is 8.42 Å². The van der Waals surface area contributed by atoms with E-state index in [1.807, 2.05) is 42.5 Å². The average molecular weight is 440 g/mol. The molecule has 2 aliphatic rings. The predicted octanol–water partition coefficient (Wildman–Crippen LogP) is 4.29. The number of allylic oxidation sites excluding steroid dienone is 1. The molecule has 1 saturated heterocycles. The van der Waals surface area contributed by atoms with Gasteiger partial charge in [-0.25, -0.2) is 13.4 Å². The van der Waals surface area contributed by atoms with E-state index in [4.69, 9.17) is 4.98 Å². The number of piperazine rings is 1. The fourth-order valence-electron chi connectivity index (χ4n) is 4.33. The highest BCUT2D eigenvalue weighted by atomic mass is 32.2. The molecule has 156 valence electrons. The Kier molecular flexibility index (Phi) is 5.23. The standard InChI is InChI=1S/C23H25N3O2S2/c1-17(23-24-21-8-4-5-9-22(21)29-23)25-12-14-26(15-13-25)30(27,28)20-11-10-18-6-2-3-7-19(18)16-20/h2-9,16-17H,10-15H2,1H3. The fourth-order valence-corrected chi connectivity index (χ4v) is 7.00. The van der Waals surface area contributed by atoms with E-state index < -0.39 is 10.0 Å². The molecule has 1 aliphatic carbocycles. The van der Waals surface area contributed by atoms with Crippen LogP contribution < -0.4 is 0 Å². The van der Waals surface area contributed by atoms with E-state index in [-0.39, 0.29) is 6.04 Å². The first kappa shape index (κ1) is 19.9. The van der Waals surface area contributed by atoms with Crippen LogP contribution in [-0.4, -0.2) is 48.8 Å². The lowest BCUT2D eigenvalue weighted by molar-refractivity contribution is 0.146. The second-order valence-electron chi connectivity index (χ2n) is 7.95. The number of aryl methyl sites for hydroxylation is 1. The Labute approximate surface area is 181 Å². The van der Waals surface area contributed by atoms with Crippen molar-refractivity contribution in [2.75, 3.05) is 26.2 Å². The van der Waals surface area contributed by atoms with E-state index in [0.717, 1.165) is 35.6 Å². The Morgan fingerprint density at radius 1 is 0.967 bits per heavy atom. The third-order valence-corrected chi connectivity index (χ3v) is 9.41. The summed E-state index contributed by atoms with van der Waals surface area (Å²) in [6.45, 7) is 4.66. The van der Waals surface area contributed by atoms with Gasteiger partial charge in [-0.2, -0.15) is 4.31 Å². The van der Waals surface area contributed by atoms with Crippen LogP contribution >= 0.6 is 11.3 Å². The lowest BCUT2D eigenvalue weighted by atomic mass is 9.98. The summed E-state index contributed by atoms with van der Waals surface area (Å²) in [5, 5.41) is 1.10. The SMILES string of the molecule is CC(c1nc2ccccc2s1)N1CCN(S(=O)(=O)C2=Cc3ccccc3CC2)CC1. The van der Waals surface area contributed by atoms with Crippen LogP contribution in [0.5, 0.6) is 0 Å². The van der Waals surface area contributed by atoms with E-state index >= 15 is 0 Å². The molecule has 5 nitrogen and oxygen atoms in total. The van der Waals surface area contributed by atoms with Gasteiger partial charge in [-0.3, -0.25) is 4.90 Å². The van der Waals surface area contributed by atoms with Crippen LogP contribution in [-0.2, 0) is 16.4 Å². The molecule has 1 unspecified atom stereocenters. The Balaban J connectivity index is 1.29. The number of thiazole rings is 1. The molecule has 5 rings (SSSR count). The van der Waals surface area contributed by atoms with Crippen molar-refractivity contribution in [3.63, 3.8) is 0 Å². The molecule has 1 fully saturated rings. The molecule has 0 amide bonds. The van der Waals surface area contributed by atoms with Crippen LogP contribution in [0, 0.1) is 0 Å². The van der Waals surface area contributed by atoms with Gasteiger partial charge in [0.2, 0.25) is 10.0 Å². The first-order chi connectivity index (χ1) is 14.5. The predicted molar refractivity (Wildman–Crippen MR) is 123 cm³/mol. The van der Waals surface area contributed by atoms with E-state index in [0.29, 0.717) is 24.4 Å². The summed E-state index contributed by atoms with van der Waals surface area (Å²) in [5.74, 6) is 0. The van der Waals surface area contributed by atoms with Crippen LogP contribution in [0.4, 0.5) is 0 Å². The minimum Gasteiger partial charge on any atom is -0.292 e. The normalized spacial score (nSPS) is 19.4. The monoisotopic (exact) mass is 439 g/mol. The zero-order chi connectivity index (χ0) is 20.7. The number of hydrogen-bond donors (Lipinski definition) is 0. The van der Waals surface area contributed by atoms with Crippen molar-refractivity contribution in [1.82, 2.24) is 14.2 Å². The maximum Gasteiger partial charge on any atom is 0.239 e. The van der Waals surface area contributed by atoms with Gasteiger partial charge < -0.3 is 0 Å². The highest BCUT2D eigenvalue weighted by Crippen LogP contribution is 2.32. The third kappa shape index (κ3) is 3.60. The number of sulfonamides is 1. The van der Waals surface area contributed by atoms with Crippen molar-refractivity contribution in [2.24, 2.45) is 0 Å². The Hall–Kier alpha value is -2.06. The molecule has 2 aromatic carbocycles. The van der Waals surface area contributed by atoms with Crippen LogP contribution in [0.2, 0.25) is 0 Å². The Morgan fingerprint density at radius 2 is 1.70 bits per heavy atom. The molecule has 0 saturated carbocycles. The molecule has 0 radical (unpaired) electrons. The fraction of sp³-hybridized carbons (Fsp3) is 0.348. The van der Waals surface area contributed by atoms with Gasteiger partial charge in [0.15, 0.2) is 0 Å². The van der Waals surface area contributed by atoms with Crippen molar-refractivity contribution in [3.8, 4) is 0 Å². The third-order valence-electron chi connectivity index (χ3n) is 6.17. The smallest absolute Gasteiger partial charge is 0.239 e. The lowest BCUT2D eigenvalue weighted by Crippen LogP contribution is -2.49. The van der Waals surface area contributed by atoms with Crippen molar-refractivity contribution < 1.29 is 8.42 Å². The van der Waals surface area contributed by atoms with Crippen LogP contribution in [0.15, 0.2) is 53.4 Å². The van der Waals surface area contributed by atoms with Crippen molar-refractivity contribution >= 4 is 37.7 Å². The van der Waals surface area contributed by atoms with Gasteiger partial charge >= 0.3 is 0 Å². The summed E-state index contributed by atoms with van der Waals surface area (Å²) in [7, 11) is -3.41. The van der Waals surface area contributed by atoms with E-state index in [1.165, 1.54) is 10.3 Å². The summed E-state index contributed by atoms with van der Waals surface area (Å²) in [5.41, 5.74) is 3.30. The van der Waals surface area contributed by atoms with Gasteiger partial charge in [0.05, 0.1) is 21.2 Å². The van der Waals surface area contributed by atoms with Crippen LogP contribution in [0.3, 0.4) is 0 Å². The minimum atomic E-state index is -3.41. The summed E-state index contributed by atoms with van der Waals surface area (Å²) in [6.07, 6.45) is 3.24. The summed E-state index contributed by atoms with van der Waals surface area (Å²) in [4.78, 5) is 7.68. The number of aromatic nitrogens is 1. The molecule has 0 bridgehead atoms. The van der Waals surface area contributed by atoms with Gasteiger partial charge in [0, 0.05) is 26.2 Å². The molecule has 2 heterocycles. The Bertz CT molecular complexity index is 1170. The van der Waals surface area contributed by atoms with Crippen molar-refractivity contribution in [2.45, 2.75) is 25.8 Å². The van der Waals surface area contributed by atoms with Crippen molar-refractivity contribution in [1.29, 1.82) is 0 Å². The summed E-state index contributed by atoms with van der Waals surface area (Å²) < 4.78 is 29.3. The average Bonchev–Trinajstić information content (AvgIpc) is 3.22. The van der Waals surface area contributed by atoms with E-state index in [1.54, 1.807) is 15.6 Å². The van der Waals surface area contributed by atoms with Crippen LogP contribution in [0.25, 0.3) is 16.3 Å². The molecule has 3 aromatic rings. The number of para-hydroxylation sites is 1. The second kappa shape index (κ2) is 7.89. The number of nitrogens with zero attached hydrogens (tertiary/aromatic N) is 3. The molecular formula is C23H25N3O2S2. The maximum absolute atomic E-state index is 13.2. The van der Waals surface area contributed by atoms with Gasteiger partial charge in [0.25, 0.3) is 0 Å². The number of benzene rings is 2.